The maximum atomic E-state index is 10.1. The summed E-state index contributed by atoms with van der Waals surface area (Å²) in [5, 5.41) is 10.1. The molecule has 4 heteroatoms. The zero-order valence-corrected chi connectivity index (χ0v) is 12.1. The fraction of sp³-hybridized carbons (Fsp3) is 0.600. The molecule has 0 amide bonds. The summed E-state index contributed by atoms with van der Waals surface area (Å²) in [6.07, 6.45) is 2.07. The molecule has 108 valence electrons. The van der Waals surface area contributed by atoms with Gasteiger partial charge < -0.3 is 20.3 Å². The number of hydrogen-bond acceptors (Lipinski definition) is 4. The first-order valence-electron chi connectivity index (χ1n) is 6.74. The van der Waals surface area contributed by atoms with Crippen molar-refractivity contribution in [2.45, 2.75) is 38.7 Å². The molecule has 0 bridgehead atoms. The second-order valence-corrected chi connectivity index (χ2v) is 4.89. The maximum Gasteiger partial charge on any atom is 0.161 e. The van der Waals surface area contributed by atoms with E-state index in [-0.39, 0.29) is 6.54 Å². The van der Waals surface area contributed by atoms with E-state index in [2.05, 4.69) is 0 Å². The van der Waals surface area contributed by atoms with Crippen LogP contribution in [0.2, 0.25) is 0 Å². The van der Waals surface area contributed by atoms with Crippen molar-refractivity contribution in [1.29, 1.82) is 0 Å². The Bertz CT molecular complexity index is 389. The van der Waals surface area contributed by atoms with E-state index in [0.717, 1.165) is 23.5 Å². The van der Waals surface area contributed by atoms with Crippen molar-refractivity contribution in [3.05, 3.63) is 23.8 Å². The molecule has 0 saturated carbocycles. The van der Waals surface area contributed by atoms with Gasteiger partial charge in [0.1, 0.15) is 0 Å². The van der Waals surface area contributed by atoms with Crippen LogP contribution < -0.4 is 15.2 Å². The van der Waals surface area contributed by atoms with Gasteiger partial charge in [0.15, 0.2) is 11.5 Å². The fourth-order valence-corrected chi connectivity index (χ4v) is 1.90. The normalized spacial score (nSPS) is 13.9. The fourth-order valence-electron chi connectivity index (χ4n) is 1.90. The Morgan fingerprint density at radius 2 is 2.05 bits per heavy atom. The van der Waals surface area contributed by atoms with Crippen molar-refractivity contribution < 1.29 is 14.6 Å². The molecule has 0 aliphatic carbocycles. The minimum atomic E-state index is -0.763. The molecule has 0 aliphatic rings. The summed E-state index contributed by atoms with van der Waals surface area (Å²) in [6, 6.07) is 5.83. The third-order valence-electron chi connectivity index (χ3n) is 3.40. The van der Waals surface area contributed by atoms with Crippen LogP contribution in [-0.4, -0.2) is 31.0 Å². The largest absolute Gasteiger partial charge is 0.493 e. The second kappa shape index (κ2) is 7.36. The molecular formula is C15H25NO3. The molecule has 3 N–H and O–H groups in total. The van der Waals surface area contributed by atoms with E-state index >= 15 is 0 Å². The molecule has 4 nitrogen and oxygen atoms in total. The van der Waals surface area contributed by atoms with Gasteiger partial charge in [-0.05, 0) is 43.9 Å². The Morgan fingerprint density at radius 3 is 2.63 bits per heavy atom. The average molecular weight is 267 g/mol. The molecule has 0 heterocycles. The van der Waals surface area contributed by atoms with Crippen LogP contribution in [0.25, 0.3) is 0 Å². The van der Waals surface area contributed by atoms with E-state index in [0.29, 0.717) is 19.4 Å². The highest BCUT2D eigenvalue weighted by Gasteiger charge is 2.21. The standard InChI is InChI=1S/C15H25NO3/c1-4-15(17,11-16)8-5-9-19-13-7-6-12(2)10-14(13)18-3/h6-7,10,17H,4-5,8-9,11,16H2,1-3H3. The summed E-state index contributed by atoms with van der Waals surface area (Å²) in [6.45, 7) is 4.78. The van der Waals surface area contributed by atoms with E-state index in [1.165, 1.54) is 0 Å². The molecular weight excluding hydrogens is 242 g/mol. The summed E-state index contributed by atoms with van der Waals surface area (Å²) in [5.74, 6) is 1.48. The van der Waals surface area contributed by atoms with E-state index in [1.807, 2.05) is 32.0 Å². The first kappa shape index (κ1) is 15.8. The Labute approximate surface area is 115 Å². The molecule has 0 fully saturated rings. The summed E-state index contributed by atoms with van der Waals surface area (Å²) in [4.78, 5) is 0. The Hall–Kier alpha value is -1.26. The van der Waals surface area contributed by atoms with Crippen molar-refractivity contribution >= 4 is 0 Å². The number of nitrogens with two attached hydrogens (primary N) is 1. The van der Waals surface area contributed by atoms with Crippen molar-refractivity contribution in [1.82, 2.24) is 0 Å². The first-order valence-corrected chi connectivity index (χ1v) is 6.74. The van der Waals surface area contributed by atoms with Gasteiger partial charge in [-0.15, -0.1) is 0 Å². The van der Waals surface area contributed by atoms with Crippen molar-refractivity contribution in [2.75, 3.05) is 20.3 Å². The Balaban J connectivity index is 2.45. The lowest BCUT2D eigenvalue weighted by molar-refractivity contribution is 0.0308. The van der Waals surface area contributed by atoms with Gasteiger partial charge in [-0.25, -0.2) is 0 Å². The van der Waals surface area contributed by atoms with Gasteiger partial charge in [-0.2, -0.15) is 0 Å². The minimum Gasteiger partial charge on any atom is -0.493 e. The number of ether oxygens (including phenoxy) is 2. The van der Waals surface area contributed by atoms with E-state index in [1.54, 1.807) is 7.11 Å². The van der Waals surface area contributed by atoms with Crippen LogP contribution in [-0.2, 0) is 0 Å². The summed E-state index contributed by atoms with van der Waals surface area (Å²) < 4.78 is 11.0. The molecule has 0 saturated heterocycles. The molecule has 1 atom stereocenters. The number of hydrogen-bond donors (Lipinski definition) is 2. The molecule has 1 aromatic rings. The monoisotopic (exact) mass is 267 g/mol. The molecule has 0 spiro atoms. The van der Waals surface area contributed by atoms with Crippen molar-refractivity contribution in [3.8, 4) is 11.5 Å². The van der Waals surface area contributed by atoms with Crippen molar-refractivity contribution in [2.24, 2.45) is 5.73 Å². The van der Waals surface area contributed by atoms with E-state index < -0.39 is 5.60 Å². The number of aryl methyl sites for hydroxylation is 1. The van der Waals surface area contributed by atoms with Crippen LogP contribution in [0.5, 0.6) is 11.5 Å². The third-order valence-corrected chi connectivity index (χ3v) is 3.40. The highest BCUT2D eigenvalue weighted by molar-refractivity contribution is 5.42. The van der Waals surface area contributed by atoms with Crippen LogP contribution in [0.1, 0.15) is 31.7 Å². The smallest absolute Gasteiger partial charge is 0.161 e. The zero-order valence-electron chi connectivity index (χ0n) is 12.1. The van der Waals surface area contributed by atoms with Gasteiger partial charge >= 0.3 is 0 Å². The summed E-state index contributed by atoms with van der Waals surface area (Å²) in [5.41, 5.74) is 5.93. The lowest BCUT2D eigenvalue weighted by Gasteiger charge is -2.24. The van der Waals surface area contributed by atoms with Gasteiger partial charge in [0.05, 0.1) is 19.3 Å². The Kier molecular flexibility index (Phi) is 6.12. The summed E-state index contributed by atoms with van der Waals surface area (Å²) >= 11 is 0. The predicted molar refractivity (Wildman–Crippen MR) is 76.8 cm³/mol. The lowest BCUT2D eigenvalue weighted by Crippen LogP contribution is -2.37. The molecule has 0 radical (unpaired) electrons. The van der Waals surface area contributed by atoms with Crippen LogP contribution in [0.4, 0.5) is 0 Å². The highest BCUT2D eigenvalue weighted by Crippen LogP contribution is 2.28. The quantitative estimate of drug-likeness (QED) is 0.709. The van der Waals surface area contributed by atoms with Gasteiger partial charge in [-0.3, -0.25) is 0 Å². The SMILES string of the molecule is CCC(O)(CN)CCCOc1ccc(C)cc1OC. The number of methoxy groups -OCH3 is 1. The van der Waals surface area contributed by atoms with Crippen molar-refractivity contribution in [3.63, 3.8) is 0 Å². The van der Waals surface area contributed by atoms with Crippen LogP contribution in [0.3, 0.4) is 0 Å². The van der Waals surface area contributed by atoms with E-state index in [4.69, 9.17) is 15.2 Å². The van der Waals surface area contributed by atoms with E-state index in [9.17, 15) is 5.11 Å². The van der Waals surface area contributed by atoms with Gasteiger partial charge in [-0.1, -0.05) is 13.0 Å². The molecule has 19 heavy (non-hydrogen) atoms. The Morgan fingerprint density at radius 1 is 1.32 bits per heavy atom. The number of rotatable bonds is 8. The van der Waals surface area contributed by atoms with Gasteiger partial charge in [0.2, 0.25) is 0 Å². The average Bonchev–Trinajstić information content (AvgIpc) is 2.44. The number of benzene rings is 1. The van der Waals surface area contributed by atoms with Gasteiger partial charge in [0, 0.05) is 6.54 Å². The van der Waals surface area contributed by atoms with Crippen LogP contribution >= 0.6 is 0 Å². The van der Waals surface area contributed by atoms with Gasteiger partial charge in [0.25, 0.3) is 0 Å². The minimum absolute atomic E-state index is 0.289. The molecule has 0 aliphatic heterocycles. The molecule has 1 aromatic carbocycles. The molecule has 1 rings (SSSR count). The third kappa shape index (κ3) is 4.73. The predicted octanol–water partition coefficient (Wildman–Crippen LogP) is 2.26. The lowest BCUT2D eigenvalue weighted by atomic mass is 9.95. The maximum absolute atomic E-state index is 10.1. The molecule has 0 aromatic heterocycles. The molecule has 1 unspecified atom stereocenters. The number of aliphatic hydroxyl groups is 1. The highest BCUT2D eigenvalue weighted by atomic mass is 16.5. The zero-order chi connectivity index (χ0) is 14.3. The van der Waals surface area contributed by atoms with Crippen LogP contribution in [0.15, 0.2) is 18.2 Å². The second-order valence-electron chi connectivity index (χ2n) is 4.89. The topological polar surface area (TPSA) is 64.7 Å². The van der Waals surface area contributed by atoms with Crippen LogP contribution in [0, 0.1) is 6.92 Å². The first-order chi connectivity index (χ1) is 9.04. The summed E-state index contributed by atoms with van der Waals surface area (Å²) in [7, 11) is 1.63.